The van der Waals surface area contributed by atoms with E-state index in [0.29, 0.717) is 24.4 Å². The third kappa shape index (κ3) is 3.82. The lowest BCUT2D eigenvalue weighted by molar-refractivity contribution is -0.125. The number of hydrogen-bond donors (Lipinski definition) is 1. The molecule has 2 heterocycles. The fourth-order valence-corrected chi connectivity index (χ4v) is 4.05. The molecule has 2 aromatic rings. The van der Waals surface area contributed by atoms with E-state index in [0.717, 1.165) is 11.6 Å². The summed E-state index contributed by atoms with van der Waals surface area (Å²) in [6, 6.07) is 10.1. The van der Waals surface area contributed by atoms with Gasteiger partial charge in [0.05, 0.1) is 11.3 Å². The number of carbonyl (C=O) groups excluding carboxylic acids is 3. The van der Waals surface area contributed by atoms with Gasteiger partial charge < -0.3 is 15.1 Å². The Balaban J connectivity index is 1.58. The van der Waals surface area contributed by atoms with Crippen molar-refractivity contribution < 1.29 is 18.8 Å². The molecule has 0 unspecified atom stereocenters. The van der Waals surface area contributed by atoms with Crippen LogP contribution in [0.1, 0.15) is 28.8 Å². The molecule has 2 aliphatic heterocycles. The summed E-state index contributed by atoms with van der Waals surface area (Å²) < 4.78 is 13.9. The molecular formula is C21H19ClFN3O3. The van der Waals surface area contributed by atoms with Crippen molar-refractivity contribution in [2.24, 2.45) is 0 Å². The summed E-state index contributed by atoms with van der Waals surface area (Å²) >= 11 is 5.95. The van der Waals surface area contributed by atoms with E-state index in [-0.39, 0.29) is 36.2 Å². The highest BCUT2D eigenvalue weighted by Gasteiger charge is 2.42. The minimum Gasteiger partial charge on any atom is -0.350 e. The quantitative estimate of drug-likeness (QED) is 0.834. The second kappa shape index (κ2) is 7.83. The first-order valence-electron chi connectivity index (χ1n) is 9.37. The molecule has 1 saturated heterocycles. The summed E-state index contributed by atoms with van der Waals surface area (Å²) in [4.78, 5) is 41.3. The molecule has 8 heteroatoms. The molecule has 3 amide bonds. The van der Waals surface area contributed by atoms with Crippen LogP contribution in [-0.4, -0.2) is 41.8 Å². The second-order valence-corrected chi connectivity index (χ2v) is 7.59. The number of nitrogens with zero attached hydrogens (tertiary/aromatic N) is 2. The summed E-state index contributed by atoms with van der Waals surface area (Å²) in [5.41, 5.74) is 1.18. The Labute approximate surface area is 172 Å². The molecule has 4 rings (SSSR count). The van der Waals surface area contributed by atoms with Gasteiger partial charge in [-0.2, -0.15) is 0 Å². The van der Waals surface area contributed by atoms with Gasteiger partial charge in [-0.05, 0) is 48.7 Å². The zero-order chi connectivity index (χ0) is 20.5. The third-order valence-corrected chi connectivity index (χ3v) is 5.46. The van der Waals surface area contributed by atoms with Crippen molar-refractivity contribution in [1.29, 1.82) is 0 Å². The van der Waals surface area contributed by atoms with Crippen LogP contribution in [-0.2, 0) is 16.1 Å². The van der Waals surface area contributed by atoms with Crippen molar-refractivity contribution in [3.05, 3.63) is 64.4 Å². The van der Waals surface area contributed by atoms with Crippen molar-refractivity contribution in [3.63, 3.8) is 0 Å². The maximum Gasteiger partial charge on any atom is 0.256 e. The average molecular weight is 416 g/mol. The second-order valence-electron chi connectivity index (χ2n) is 7.15. The molecule has 1 atom stereocenters. The molecular weight excluding hydrogens is 397 g/mol. The summed E-state index contributed by atoms with van der Waals surface area (Å²) in [5.74, 6) is -1.65. The van der Waals surface area contributed by atoms with Gasteiger partial charge in [-0.15, -0.1) is 0 Å². The number of hydrogen-bond acceptors (Lipinski definition) is 3. The third-order valence-electron chi connectivity index (χ3n) is 5.23. The average Bonchev–Trinajstić information content (AvgIpc) is 3.17. The highest BCUT2D eigenvalue weighted by atomic mass is 35.5. The van der Waals surface area contributed by atoms with Crippen LogP contribution < -0.4 is 10.2 Å². The van der Waals surface area contributed by atoms with Gasteiger partial charge >= 0.3 is 0 Å². The SMILES string of the molecule is O=C(CN1C(=O)[C@H]2CCCN2C(=O)c2ccc(F)cc21)NCc1cccc(Cl)c1. The van der Waals surface area contributed by atoms with Crippen LogP contribution in [0, 0.1) is 5.82 Å². The summed E-state index contributed by atoms with van der Waals surface area (Å²) in [7, 11) is 0. The van der Waals surface area contributed by atoms with E-state index < -0.39 is 17.8 Å². The van der Waals surface area contributed by atoms with Crippen LogP contribution in [0.25, 0.3) is 0 Å². The number of nitrogens with one attached hydrogen (secondary N) is 1. The van der Waals surface area contributed by atoms with E-state index in [9.17, 15) is 18.8 Å². The molecule has 0 spiro atoms. The standard InChI is InChI=1S/C21H19ClFN3O3/c22-14-4-1-3-13(9-14)11-24-19(27)12-26-18-10-15(23)6-7-16(18)20(28)25-8-2-5-17(25)21(26)29/h1,3-4,6-7,9-10,17H,2,5,8,11-12H2,(H,24,27)/t17-/m1/s1. The lowest BCUT2D eigenvalue weighted by Gasteiger charge is -2.25. The first-order valence-corrected chi connectivity index (χ1v) is 9.75. The maximum absolute atomic E-state index is 13.9. The van der Waals surface area contributed by atoms with Gasteiger partial charge in [-0.3, -0.25) is 14.4 Å². The number of anilines is 1. The zero-order valence-electron chi connectivity index (χ0n) is 15.5. The first kappa shape index (κ1) is 19.4. The van der Waals surface area contributed by atoms with Crippen LogP contribution in [0.5, 0.6) is 0 Å². The predicted octanol–water partition coefficient (Wildman–Crippen LogP) is 2.75. The van der Waals surface area contributed by atoms with Crippen molar-refractivity contribution >= 4 is 35.0 Å². The van der Waals surface area contributed by atoms with E-state index >= 15 is 0 Å². The largest absolute Gasteiger partial charge is 0.350 e. The van der Waals surface area contributed by atoms with Crippen molar-refractivity contribution in [3.8, 4) is 0 Å². The van der Waals surface area contributed by atoms with Crippen molar-refractivity contribution in [1.82, 2.24) is 10.2 Å². The lowest BCUT2D eigenvalue weighted by Crippen LogP contribution is -2.48. The Morgan fingerprint density at radius 2 is 2.03 bits per heavy atom. The molecule has 1 fully saturated rings. The molecule has 1 N–H and O–H groups in total. The number of fused-ring (bicyclic) bond motifs is 2. The van der Waals surface area contributed by atoms with E-state index in [1.165, 1.54) is 21.9 Å². The molecule has 2 aromatic carbocycles. The van der Waals surface area contributed by atoms with Crippen LogP contribution in [0.4, 0.5) is 10.1 Å². The number of rotatable bonds is 4. The van der Waals surface area contributed by atoms with E-state index in [4.69, 9.17) is 11.6 Å². The topological polar surface area (TPSA) is 69.7 Å². The number of carbonyl (C=O) groups is 3. The normalized spacial score (nSPS) is 18.3. The van der Waals surface area contributed by atoms with Crippen LogP contribution >= 0.6 is 11.6 Å². The molecule has 0 bridgehead atoms. The minimum absolute atomic E-state index is 0.132. The first-order chi connectivity index (χ1) is 13.9. The summed E-state index contributed by atoms with van der Waals surface area (Å²) in [6.07, 6.45) is 1.25. The fourth-order valence-electron chi connectivity index (χ4n) is 3.84. The molecule has 0 saturated carbocycles. The van der Waals surface area contributed by atoms with Gasteiger partial charge in [0, 0.05) is 18.1 Å². The van der Waals surface area contributed by atoms with Crippen LogP contribution in [0.2, 0.25) is 5.02 Å². The number of benzene rings is 2. The van der Waals surface area contributed by atoms with Gasteiger partial charge in [0.1, 0.15) is 18.4 Å². The molecule has 6 nitrogen and oxygen atoms in total. The Hall–Kier alpha value is -2.93. The lowest BCUT2D eigenvalue weighted by atomic mass is 10.1. The smallest absolute Gasteiger partial charge is 0.256 e. The molecule has 0 aliphatic carbocycles. The van der Waals surface area contributed by atoms with E-state index in [1.807, 2.05) is 6.07 Å². The van der Waals surface area contributed by atoms with E-state index in [2.05, 4.69) is 5.32 Å². The monoisotopic (exact) mass is 415 g/mol. The van der Waals surface area contributed by atoms with Crippen molar-refractivity contribution in [2.45, 2.75) is 25.4 Å². The highest BCUT2D eigenvalue weighted by Crippen LogP contribution is 2.32. The van der Waals surface area contributed by atoms with Gasteiger partial charge in [-0.25, -0.2) is 4.39 Å². The zero-order valence-corrected chi connectivity index (χ0v) is 16.3. The van der Waals surface area contributed by atoms with Gasteiger partial charge in [-0.1, -0.05) is 23.7 Å². The Kier molecular flexibility index (Phi) is 5.24. The highest BCUT2D eigenvalue weighted by molar-refractivity contribution is 6.30. The Morgan fingerprint density at radius 3 is 2.83 bits per heavy atom. The van der Waals surface area contributed by atoms with Gasteiger partial charge in [0.2, 0.25) is 11.8 Å². The van der Waals surface area contributed by atoms with Crippen LogP contribution in [0.3, 0.4) is 0 Å². The number of halogens is 2. The molecule has 150 valence electrons. The van der Waals surface area contributed by atoms with E-state index in [1.54, 1.807) is 18.2 Å². The Morgan fingerprint density at radius 1 is 1.21 bits per heavy atom. The predicted molar refractivity (Wildman–Crippen MR) is 106 cm³/mol. The fraction of sp³-hybridized carbons (Fsp3) is 0.286. The van der Waals surface area contributed by atoms with Crippen molar-refractivity contribution in [2.75, 3.05) is 18.0 Å². The summed E-state index contributed by atoms with van der Waals surface area (Å²) in [5, 5.41) is 3.31. The molecule has 2 aliphatic rings. The number of amides is 3. The summed E-state index contributed by atoms with van der Waals surface area (Å²) in [6.45, 7) is 0.417. The molecule has 0 radical (unpaired) electrons. The van der Waals surface area contributed by atoms with Gasteiger partial charge in [0.25, 0.3) is 5.91 Å². The molecule has 29 heavy (non-hydrogen) atoms. The molecule has 0 aromatic heterocycles. The van der Waals surface area contributed by atoms with Gasteiger partial charge in [0.15, 0.2) is 0 Å². The maximum atomic E-state index is 13.9. The minimum atomic E-state index is -0.626. The van der Waals surface area contributed by atoms with Crippen LogP contribution in [0.15, 0.2) is 42.5 Å². The Bertz CT molecular complexity index is 997.